The van der Waals surface area contributed by atoms with E-state index in [4.69, 9.17) is 28.2 Å². The lowest BCUT2D eigenvalue weighted by molar-refractivity contribution is 0.0794. The first kappa shape index (κ1) is 16.4. The first-order valence-corrected chi connectivity index (χ1v) is 9.03. The summed E-state index contributed by atoms with van der Waals surface area (Å²) in [5.74, 6) is 0.0578. The fraction of sp³-hybridized carbons (Fsp3) is 0.200. The van der Waals surface area contributed by atoms with Gasteiger partial charge in [-0.2, -0.15) is 0 Å². The van der Waals surface area contributed by atoms with Crippen LogP contribution in [0.2, 0.25) is 10.0 Å². The number of amides is 1. The summed E-state index contributed by atoms with van der Waals surface area (Å²) in [6, 6.07) is 14.9. The van der Waals surface area contributed by atoms with Crippen molar-refractivity contribution < 1.29 is 4.79 Å². The molecule has 1 fully saturated rings. The third-order valence-corrected chi connectivity index (χ3v) is 5.09. The van der Waals surface area contributed by atoms with Crippen molar-refractivity contribution in [3.63, 3.8) is 0 Å². The highest BCUT2D eigenvalue weighted by atomic mass is 35.5. The van der Waals surface area contributed by atoms with Crippen LogP contribution in [0.5, 0.6) is 0 Å². The standard InChI is InChI=1S/C20H16Cl2N2O/c21-13-7-8-15(17(22)11-13)19-12-16(20(25)24-9-3-4-10-24)14-5-1-2-6-18(14)23-19/h1-2,5-8,11-12H,3-4,9-10H2. The molecule has 5 heteroatoms. The number of pyridine rings is 1. The van der Waals surface area contributed by atoms with Gasteiger partial charge >= 0.3 is 0 Å². The van der Waals surface area contributed by atoms with E-state index < -0.39 is 0 Å². The molecule has 0 bridgehead atoms. The second-order valence-electron chi connectivity index (χ2n) is 6.20. The number of para-hydroxylation sites is 1. The maximum Gasteiger partial charge on any atom is 0.254 e. The number of rotatable bonds is 2. The molecule has 4 rings (SSSR count). The van der Waals surface area contributed by atoms with Gasteiger partial charge in [-0.1, -0.05) is 41.4 Å². The Morgan fingerprint density at radius 2 is 1.76 bits per heavy atom. The fourth-order valence-corrected chi connectivity index (χ4v) is 3.78. The first-order chi connectivity index (χ1) is 12.1. The van der Waals surface area contributed by atoms with Gasteiger partial charge in [0.2, 0.25) is 0 Å². The summed E-state index contributed by atoms with van der Waals surface area (Å²) in [4.78, 5) is 19.6. The number of aromatic nitrogens is 1. The van der Waals surface area contributed by atoms with Gasteiger partial charge < -0.3 is 4.90 Å². The largest absolute Gasteiger partial charge is 0.339 e. The van der Waals surface area contributed by atoms with Gasteiger partial charge in [0.15, 0.2) is 0 Å². The van der Waals surface area contributed by atoms with Gasteiger partial charge in [0.25, 0.3) is 5.91 Å². The molecule has 2 heterocycles. The minimum atomic E-state index is 0.0578. The predicted octanol–water partition coefficient (Wildman–Crippen LogP) is 5.44. The van der Waals surface area contributed by atoms with Crippen LogP contribution in [0.25, 0.3) is 22.2 Å². The van der Waals surface area contributed by atoms with E-state index >= 15 is 0 Å². The zero-order valence-corrected chi connectivity index (χ0v) is 15.0. The lowest BCUT2D eigenvalue weighted by Crippen LogP contribution is -2.27. The number of carbonyl (C=O) groups excluding carboxylic acids is 1. The van der Waals surface area contributed by atoms with E-state index in [1.807, 2.05) is 41.3 Å². The van der Waals surface area contributed by atoms with Crippen LogP contribution in [0.1, 0.15) is 23.2 Å². The normalized spacial score (nSPS) is 14.2. The van der Waals surface area contributed by atoms with E-state index in [-0.39, 0.29) is 5.91 Å². The molecule has 126 valence electrons. The van der Waals surface area contributed by atoms with Crippen LogP contribution in [0.15, 0.2) is 48.5 Å². The van der Waals surface area contributed by atoms with Crippen LogP contribution in [-0.2, 0) is 0 Å². The van der Waals surface area contributed by atoms with E-state index in [1.165, 1.54) is 0 Å². The molecule has 0 spiro atoms. The number of nitrogens with zero attached hydrogens (tertiary/aromatic N) is 2. The molecule has 0 saturated carbocycles. The second kappa shape index (κ2) is 6.66. The Balaban J connectivity index is 1.90. The Morgan fingerprint density at radius 3 is 2.52 bits per heavy atom. The van der Waals surface area contributed by atoms with Gasteiger partial charge in [-0.15, -0.1) is 0 Å². The highest BCUT2D eigenvalue weighted by Gasteiger charge is 2.22. The van der Waals surface area contributed by atoms with Crippen LogP contribution < -0.4 is 0 Å². The molecule has 0 atom stereocenters. The Kier molecular flexibility index (Phi) is 4.36. The minimum Gasteiger partial charge on any atom is -0.339 e. The van der Waals surface area contributed by atoms with Crippen LogP contribution >= 0.6 is 23.2 Å². The number of likely N-dealkylation sites (tertiary alicyclic amines) is 1. The van der Waals surface area contributed by atoms with Gasteiger partial charge in [-0.3, -0.25) is 4.79 Å². The summed E-state index contributed by atoms with van der Waals surface area (Å²) in [5, 5.41) is 1.96. The van der Waals surface area contributed by atoms with Gasteiger partial charge in [-0.05, 0) is 43.2 Å². The average Bonchev–Trinajstić information content (AvgIpc) is 3.15. The summed E-state index contributed by atoms with van der Waals surface area (Å²) in [7, 11) is 0. The number of benzene rings is 2. The highest BCUT2D eigenvalue weighted by molar-refractivity contribution is 6.36. The fourth-order valence-electron chi connectivity index (χ4n) is 3.28. The van der Waals surface area contributed by atoms with Crippen LogP contribution in [0.3, 0.4) is 0 Å². The third-order valence-electron chi connectivity index (χ3n) is 4.55. The number of carbonyl (C=O) groups is 1. The van der Waals surface area contributed by atoms with Crippen molar-refractivity contribution in [2.45, 2.75) is 12.8 Å². The van der Waals surface area contributed by atoms with Gasteiger partial charge in [0, 0.05) is 29.1 Å². The molecule has 0 N–H and O–H groups in total. The summed E-state index contributed by atoms with van der Waals surface area (Å²) in [5.41, 5.74) is 2.91. The molecule has 3 nitrogen and oxygen atoms in total. The Labute approximate surface area is 156 Å². The zero-order valence-electron chi connectivity index (χ0n) is 13.5. The summed E-state index contributed by atoms with van der Waals surface area (Å²) >= 11 is 12.4. The smallest absolute Gasteiger partial charge is 0.254 e. The Bertz CT molecular complexity index is 965. The Hall–Kier alpha value is -2.10. The maximum absolute atomic E-state index is 13.0. The zero-order chi connectivity index (χ0) is 17.4. The van der Waals surface area contributed by atoms with Gasteiger partial charge in [0.1, 0.15) is 0 Å². The summed E-state index contributed by atoms with van der Waals surface area (Å²) < 4.78 is 0. The topological polar surface area (TPSA) is 33.2 Å². The molecule has 25 heavy (non-hydrogen) atoms. The van der Waals surface area contributed by atoms with Crippen LogP contribution in [-0.4, -0.2) is 28.9 Å². The van der Waals surface area contributed by atoms with E-state index in [9.17, 15) is 4.79 Å². The molecule has 0 aliphatic carbocycles. The highest BCUT2D eigenvalue weighted by Crippen LogP contribution is 2.32. The van der Waals surface area contributed by atoms with Gasteiger partial charge in [0.05, 0.1) is 21.8 Å². The molecule has 1 aliphatic rings. The first-order valence-electron chi connectivity index (χ1n) is 8.28. The quantitative estimate of drug-likeness (QED) is 0.601. The van der Waals surface area contributed by atoms with Crippen molar-refractivity contribution in [1.82, 2.24) is 9.88 Å². The van der Waals surface area contributed by atoms with Crippen molar-refractivity contribution in [3.8, 4) is 11.3 Å². The van der Waals surface area contributed by atoms with Crippen molar-refractivity contribution in [1.29, 1.82) is 0 Å². The number of hydrogen-bond donors (Lipinski definition) is 0. The van der Waals surface area contributed by atoms with Crippen molar-refractivity contribution in [3.05, 3.63) is 64.1 Å². The maximum atomic E-state index is 13.0. The van der Waals surface area contributed by atoms with Crippen molar-refractivity contribution >= 4 is 40.0 Å². The predicted molar refractivity (Wildman–Crippen MR) is 102 cm³/mol. The SMILES string of the molecule is O=C(c1cc(-c2ccc(Cl)cc2Cl)nc2ccccc12)N1CCCC1. The molecule has 0 radical (unpaired) electrons. The summed E-state index contributed by atoms with van der Waals surface area (Å²) in [6.45, 7) is 1.62. The number of hydrogen-bond acceptors (Lipinski definition) is 2. The molecule has 1 saturated heterocycles. The molecule has 0 unspecified atom stereocenters. The lowest BCUT2D eigenvalue weighted by Gasteiger charge is -2.17. The van der Waals surface area contributed by atoms with Crippen LogP contribution in [0.4, 0.5) is 0 Å². The molecule has 2 aromatic carbocycles. The second-order valence-corrected chi connectivity index (χ2v) is 7.04. The molecular formula is C20H16Cl2N2O. The molecule has 1 aromatic heterocycles. The number of halogens is 2. The van der Waals surface area contributed by atoms with Crippen LogP contribution in [0, 0.1) is 0 Å². The number of fused-ring (bicyclic) bond motifs is 1. The molecule has 3 aromatic rings. The lowest BCUT2D eigenvalue weighted by atomic mass is 10.0. The monoisotopic (exact) mass is 370 g/mol. The summed E-state index contributed by atoms with van der Waals surface area (Å²) in [6.07, 6.45) is 2.12. The minimum absolute atomic E-state index is 0.0578. The molecule has 1 amide bonds. The van der Waals surface area contributed by atoms with E-state index in [0.717, 1.165) is 42.4 Å². The van der Waals surface area contributed by atoms with E-state index in [0.29, 0.717) is 21.3 Å². The van der Waals surface area contributed by atoms with E-state index in [2.05, 4.69) is 0 Å². The van der Waals surface area contributed by atoms with Crippen molar-refractivity contribution in [2.75, 3.05) is 13.1 Å². The van der Waals surface area contributed by atoms with Gasteiger partial charge in [-0.25, -0.2) is 4.98 Å². The molecular weight excluding hydrogens is 355 g/mol. The van der Waals surface area contributed by atoms with E-state index in [1.54, 1.807) is 12.1 Å². The Morgan fingerprint density at radius 1 is 1.00 bits per heavy atom. The average molecular weight is 371 g/mol. The third kappa shape index (κ3) is 3.10. The van der Waals surface area contributed by atoms with Crippen molar-refractivity contribution in [2.24, 2.45) is 0 Å². The molecule has 1 aliphatic heterocycles.